The minimum atomic E-state index is -1.89. The van der Waals surface area contributed by atoms with E-state index >= 15 is 0 Å². The third-order valence-electron chi connectivity index (χ3n) is 4.67. The molecule has 0 bridgehead atoms. The molecule has 0 saturated heterocycles. The summed E-state index contributed by atoms with van der Waals surface area (Å²) in [6, 6.07) is 0. The summed E-state index contributed by atoms with van der Waals surface area (Å²) in [5.41, 5.74) is -3.56. The summed E-state index contributed by atoms with van der Waals surface area (Å²) in [6.45, 7) is 16.8. The second-order valence-electron chi connectivity index (χ2n) is 8.50. The summed E-state index contributed by atoms with van der Waals surface area (Å²) in [5, 5.41) is 2.31. The van der Waals surface area contributed by atoms with Crippen molar-refractivity contribution in [2.24, 2.45) is 4.99 Å². The lowest BCUT2D eigenvalue weighted by Crippen LogP contribution is -2.50. The van der Waals surface area contributed by atoms with Gasteiger partial charge >= 0.3 is 24.0 Å². The molecule has 0 aromatic rings. The van der Waals surface area contributed by atoms with Gasteiger partial charge in [0.1, 0.15) is 66.1 Å². The third-order valence-corrected chi connectivity index (χ3v) is 4.67. The summed E-state index contributed by atoms with van der Waals surface area (Å²) < 4.78 is 20.4. The third kappa shape index (κ3) is 20.9. The average molecular weight is 673 g/mol. The normalized spacial score (nSPS) is 11.1. The second-order valence-corrected chi connectivity index (χ2v) is 8.50. The van der Waals surface area contributed by atoms with E-state index in [4.69, 9.17) is 58.0 Å². The van der Waals surface area contributed by atoms with E-state index in [0.717, 1.165) is 24.6 Å². The number of carbonyl (C=O) groups excluding carboxylic acids is 4. The van der Waals surface area contributed by atoms with Crippen molar-refractivity contribution in [3.63, 3.8) is 0 Å². The topological polar surface area (TPSA) is 203 Å². The zero-order valence-electron chi connectivity index (χ0n) is 25.8. The molecular formula is C29H40N2O16. The lowest BCUT2D eigenvalue weighted by atomic mass is 10.1. The minimum absolute atomic E-state index is 0.0199. The molecule has 0 heterocycles. The van der Waals surface area contributed by atoms with Gasteiger partial charge in [0, 0.05) is 18.2 Å². The smallest absolute Gasteiger partial charge is 0.409 e. The predicted molar refractivity (Wildman–Crippen MR) is 160 cm³/mol. The molecule has 262 valence electrons. The van der Waals surface area contributed by atoms with Crippen molar-refractivity contribution in [3.8, 4) is 0 Å². The van der Waals surface area contributed by atoms with E-state index in [0.29, 0.717) is 0 Å². The van der Waals surface area contributed by atoms with Crippen LogP contribution in [-0.4, -0.2) is 108 Å². The van der Waals surface area contributed by atoms with Crippen molar-refractivity contribution in [3.05, 3.63) is 75.9 Å². The average Bonchev–Trinajstić information content (AvgIpc) is 3.08. The van der Waals surface area contributed by atoms with Crippen LogP contribution in [0.4, 0.5) is 4.79 Å². The number of ether oxygens (including phenoxy) is 4. The lowest BCUT2D eigenvalue weighted by Gasteiger charge is -2.30. The number of rotatable bonds is 30. The van der Waals surface area contributed by atoms with Crippen LogP contribution in [0, 0.1) is 0 Å². The van der Waals surface area contributed by atoms with E-state index < -0.39 is 81.5 Å². The molecule has 0 unspecified atom stereocenters. The molecule has 0 fully saturated rings. The zero-order chi connectivity index (χ0) is 35.2. The fourth-order valence-corrected chi connectivity index (χ4v) is 2.47. The molecule has 1 amide bonds. The molecule has 0 aliphatic carbocycles. The van der Waals surface area contributed by atoms with Gasteiger partial charge in [-0.1, -0.05) is 38.0 Å². The first-order chi connectivity index (χ1) is 22.6. The molecule has 47 heavy (non-hydrogen) atoms. The Morgan fingerprint density at radius 2 is 0.979 bits per heavy atom. The zero-order valence-corrected chi connectivity index (χ0v) is 25.8. The Bertz CT molecular complexity index is 960. The Balaban J connectivity index is 5.55. The fraction of sp³-hybridized carbons (Fsp3) is 0.414. The fourth-order valence-electron chi connectivity index (χ4n) is 2.47. The number of esters is 3. The van der Waals surface area contributed by atoms with Crippen LogP contribution in [0.25, 0.3) is 0 Å². The van der Waals surface area contributed by atoms with Crippen LogP contribution in [0.5, 0.6) is 0 Å². The van der Waals surface area contributed by atoms with E-state index in [9.17, 15) is 19.2 Å². The maximum Gasteiger partial charge on any atom is 0.409 e. The standard InChI is InChI=1S/C29H40N2O16/c1-7-13-39-42-19-28(20-43-40-14-8-2,21-44-41-15-9-3)46-27(35)31-22-30-23-45-47-29(16-36-24(32)10-4,17-37-25(33)11-5)18-38-26(34)12-6/h7-12,23H,1-6,13-22H2,(H,31,35). The van der Waals surface area contributed by atoms with Crippen LogP contribution in [0.15, 0.2) is 80.9 Å². The molecule has 0 saturated carbocycles. The minimum Gasteiger partial charge on any atom is -0.459 e. The van der Waals surface area contributed by atoms with Gasteiger partial charge < -0.3 is 29.2 Å². The summed E-state index contributed by atoms with van der Waals surface area (Å²) in [4.78, 5) is 91.8. The number of nitrogens with zero attached hydrogens (tertiary/aromatic N) is 1. The van der Waals surface area contributed by atoms with Crippen LogP contribution < -0.4 is 5.32 Å². The van der Waals surface area contributed by atoms with Gasteiger partial charge in [0.2, 0.25) is 12.0 Å². The SMILES string of the molecule is C=CCOOCC(COOCC=C)(COOCC=C)OC(=O)NCN=COOC(COC(=O)C=C)(COC(=O)C=C)COC(=O)C=C. The Labute approximate surface area is 271 Å². The summed E-state index contributed by atoms with van der Waals surface area (Å²) in [6.07, 6.45) is 6.54. The van der Waals surface area contributed by atoms with Crippen molar-refractivity contribution in [2.75, 3.05) is 66.1 Å². The molecule has 18 heteroatoms. The number of nitrogens with one attached hydrogen (secondary N) is 1. The molecule has 0 rings (SSSR count). The Morgan fingerprint density at radius 1 is 0.574 bits per heavy atom. The molecule has 0 aliphatic heterocycles. The molecule has 1 N–H and O–H groups in total. The first kappa shape index (κ1) is 42.3. The van der Waals surface area contributed by atoms with Crippen LogP contribution in [0.2, 0.25) is 0 Å². The van der Waals surface area contributed by atoms with Gasteiger partial charge in [0.25, 0.3) is 0 Å². The first-order valence-electron chi connectivity index (χ1n) is 13.4. The highest BCUT2D eigenvalue weighted by Gasteiger charge is 2.40. The van der Waals surface area contributed by atoms with E-state index in [1.807, 2.05) is 0 Å². The Morgan fingerprint density at radius 3 is 1.34 bits per heavy atom. The van der Waals surface area contributed by atoms with Gasteiger partial charge in [-0.3, -0.25) is 0 Å². The second kappa shape index (κ2) is 26.5. The molecule has 0 aromatic carbocycles. The number of hydrogen-bond acceptors (Lipinski definition) is 17. The van der Waals surface area contributed by atoms with Crippen LogP contribution in [0.1, 0.15) is 0 Å². The molecule has 0 aliphatic rings. The van der Waals surface area contributed by atoms with Crippen LogP contribution in [0.3, 0.4) is 0 Å². The summed E-state index contributed by atoms with van der Waals surface area (Å²) in [7, 11) is 0. The maximum absolute atomic E-state index is 12.7. The lowest BCUT2D eigenvalue weighted by molar-refractivity contribution is -0.370. The Kier molecular flexibility index (Phi) is 23.9. The number of amides is 1. The van der Waals surface area contributed by atoms with Crippen molar-refractivity contribution in [1.82, 2.24) is 5.32 Å². The molecular weight excluding hydrogens is 632 g/mol. The van der Waals surface area contributed by atoms with Gasteiger partial charge in [-0.2, -0.15) is 4.89 Å². The van der Waals surface area contributed by atoms with Gasteiger partial charge in [-0.15, -0.1) is 19.7 Å². The van der Waals surface area contributed by atoms with Crippen molar-refractivity contribution >= 4 is 30.4 Å². The van der Waals surface area contributed by atoms with Gasteiger partial charge in [0.15, 0.2) is 5.60 Å². The maximum atomic E-state index is 12.7. The molecule has 0 spiro atoms. The number of aliphatic imine (C=N–C) groups is 1. The van der Waals surface area contributed by atoms with E-state index in [-0.39, 0.29) is 19.8 Å². The van der Waals surface area contributed by atoms with Crippen molar-refractivity contribution in [1.29, 1.82) is 0 Å². The van der Waals surface area contributed by atoms with Gasteiger partial charge in [-0.25, -0.2) is 53.5 Å². The summed E-state index contributed by atoms with van der Waals surface area (Å²) >= 11 is 0. The van der Waals surface area contributed by atoms with Crippen LogP contribution >= 0.6 is 0 Å². The highest BCUT2D eigenvalue weighted by atomic mass is 17.2. The first-order valence-corrected chi connectivity index (χ1v) is 13.4. The largest absolute Gasteiger partial charge is 0.459 e. The number of alkyl carbamates (subject to hydrolysis) is 1. The number of hydrogen-bond donors (Lipinski definition) is 1. The quantitative estimate of drug-likeness (QED) is 0.0133. The van der Waals surface area contributed by atoms with Crippen molar-refractivity contribution < 1.29 is 77.2 Å². The summed E-state index contributed by atoms with van der Waals surface area (Å²) in [5.74, 6) is -2.62. The van der Waals surface area contributed by atoms with Crippen LogP contribution in [-0.2, 0) is 72.4 Å². The molecule has 0 aromatic heterocycles. The van der Waals surface area contributed by atoms with E-state index in [1.165, 1.54) is 18.2 Å². The predicted octanol–water partition coefficient (Wildman–Crippen LogP) is 1.71. The van der Waals surface area contributed by atoms with Gasteiger partial charge in [0.05, 0.1) is 0 Å². The highest BCUT2D eigenvalue weighted by molar-refractivity contribution is 5.82. The highest BCUT2D eigenvalue weighted by Crippen LogP contribution is 2.17. The molecule has 0 radical (unpaired) electrons. The molecule has 0 atom stereocenters. The van der Waals surface area contributed by atoms with E-state index in [2.05, 4.69) is 49.8 Å². The number of carbonyl (C=O) groups is 4. The monoisotopic (exact) mass is 672 g/mol. The van der Waals surface area contributed by atoms with E-state index in [1.54, 1.807) is 0 Å². The Hall–Kier alpha value is -4.69. The van der Waals surface area contributed by atoms with Gasteiger partial charge in [-0.05, 0) is 0 Å². The van der Waals surface area contributed by atoms with Crippen molar-refractivity contribution in [2.45, 2.75) is 11.2 Å². The molecule has 18 nitrogen and oxygen atoms in total.